The van der Waals surface area contributed by atoms with Crippen LogP contribution in [0.1, 0.15) is 26.6 Å². The topological polar surface area (TPSA) is 33.2 Å². The number of aryl methyl sites for hydroxylation is 1. The van der Waals surface area contributed by atoms with Crippen LogP contribution >= 0.6 is 23.1 Å². The Bertz CT molecular complexity index is 910. The van der Waals surface area contributed by atoms with E-state index in [0.29, 0.717) is 16.9 Å². The van der Waals surface area contributed by atoms with Crippen molar-refractivity contribution in [2.75, 3.05) is 7.05 Å². The number of carbonyl (C=O) groups excluding carboxylic acids is 1. The number of carbonyl (C=O) groups is 1. The van der Waals surface area contributed by atoms with Gasteiger partial charge in [0.25, 0.3) is 5.91 Å². The molecule has 0 bridgehead atoms. The molecule has 0 aliphatic carbocycles. The summed E-state index contributed by atoms with van der Waals surface area (Å²) in [6.45, 7) is 2.21. The fraction of sp³-hybridized carbons (Fsp3) is 0.200. The molecule has 0 spiro atoms. The predicted octanol–water partition coefficient (Wildman–Crippen LogP) is 5.16. The minimum absolute atomic E-state index is 0.120. The van der Waals surface area contributed by atoms with Crippen molar-refractivity contribution in [1.29, 1.82) is 0 Å². The highest BCUT2D eigenvalue weighted by Gasteiger charge is 2.17. The third kappa shape index (κ3) is 4.51. The lowest BCUT2D eigenvalue weighted by molar-refractivity contribution is 0.0780. The first kappa shape index (κ1) is 18.6. The largest absolute Gasteiger partial charge is 0.337 e. The maximum atomic E-state index is 13.9. The molecule has 0 aliphatic heterocycles. The summed E-state index contributed by atoms with van der Waals surface area (Å²) >= 11 is 3.21. The fourth-order valence-electron chi connectivity index (χ4n) is 2.55. The molecule has 2 aromatic carbocycles. The van der Waals surface area contributed by atoms with Crippen LogP contribution in [0, 0.1) is 12.7 Å². The molecule has 26 heavy (non-hydrogen) atoms. The van der Waals surface area contributed by atoms with E-state index in [-0.39, 0.29) is 18.3 Å². The zero-order valence-electron chi connectivity index (χ0n) is 14.6. The Hall–Kier alpha value is -2.18. The quantitative estimate of drug-likeness (QED) is 0.549. The van der Waals surface area contributed by atoms with E-state index in [1.54, 1.807) is 53.2 Å². The second-order valence-electron chi connectivity index (χ2n) is 5.90. The summed E-state index contributed by atoms with van der Waals surface area (Å²) in [5.74, 6) is 0.297. The van der Waals surface area contributed by atoms with E-state index in [4.69, 9.17) is 0 Å². The van der Waals surface area contributed by atoms with E-state index >= 15 is 0 Å². The van der Waals surface area contributed by atoms with Gasteiger partial charge in [-0.1, -0.05) is 30.3 Å². The van der Waals surface area contributed by atoms with Gasteiger partial charge in [-0.3, -0.25) is 4.79 Å². The lowest BCUT2D eigenvalue weighted by atomic mass is 10.1. The summed E-state index contributed by atoms with van der Waals surface area (Å²) in [6, 6.07) is 14.0. The minimum Gasteiger partial charge on any atom is -0.337 e. The van der Waals surface area contributed by atoms with E-state index < -0.39 is 0 Å². The highest BCUT2D eigenvalue weighted by Crippen LogP contribution is 2.28. The first-order valence-corrected chi connectivity index (χ1v) is 10.0. The monoisotopic (exact) mass is 386 g/mol. The van der Waals surface area contributed by atoms with Crippen molar-refractivity contribution in [2.24, 2.45) is 0 Å². The van der Waals surface area contributed by atoms with Crippen LogP contribution in [-0.2, 0) is 12.3 Å². The zero-order chi connectivity index (χ0) is 18.5. The Labute approximate surface area is 160 Å². The maximum absolute atomic E-state index is 13.9. The van der Waals surface area contributed by atoms with Crippen LogP contribution in [0.15, 0.2) is 58.8 Å². The number of hydrogen-bond donors (Lipinski definition) is 0. The molecule has 1 aromatic heterocycles. The first-order valence-electron chi connectivity index (χ1n) is 8.16. The molecule has 0 atom stereocenters. The maximum Gasteiger partial charge on any atom is 0.255 e. The Balaban J connectivity index is 1.73. The van der Waals surface area contributed by atoms with Crippen molar-refractivity contribution < 1.29 is 9.18 Å². The molecule has 0 saturated carbocycles. The third-order valence-corrected chi connectivity index (χ3v) is 5.80. The first-order chi connectivity index (χ1) is 12.5. The minimum atomic E-state index is -0.297. The number of hydrogen-bond acceptors (Lipinski definition) is 4. The van der Waals surface area contributed by atoms with Crippen molar-refractivity contribution in [3.63, 3.8) is 0 Å². The van der Waals surface area contributed by atoms with Crippen molar-refractivity contribution in [1.82, 2.24) is 9.88 Å². The van der Waals surface area contributed by atoms with E-state index in [1.165, 1.54) is 6.07 Å². The molecule has 134 valence electrons. The van der Waals surface area contributed by atoms with Gasteiger partial charge in [-0.25, -0.2) is 9.37 Å². The molecule has 3 nitrogen and oxygen atoms in total. The lowest BCUT2D eigenvalue weighted by Crippen LogP contribution is -2.27. The molecule has 0 saturated heterocycles. The Kier molecular flexibility index (Phi) is 6.06. The van der Waals surface area contributed by atoms with Gasteiger partial charge in [0.15, 0.2) is 0 Å². The van der Waals surface area contributed by atoms with E-state index in [1.807, 2.05) is 36.6 Å². The van der Waals surface area contributed by atoms with Gasteiger partial charge in [0.1, 0.15) is 5.82 Å². The van der Waals surface area contributed by atoms with Crippen LogP contribution in [0.3, 0.4) is 0 Å². The van der Waals surface area contributed by atoms with Gasteiger partial charge in [-0.05, 0) is 25.1 Å². The van der Waals surface area contributed by atoms with Gasteiger partial charge >= 0.3 is 0 Å². The number of rotatable bonds is 6. The van der Waals surface area contributed by atoms with Crippen LogP contribution in [0.2, 0.25) is 0 Å². The molecule has 0 fully saturated rings. The predicted molar refractivity (Wildman–Crippen MR) is 105 cm³/mol. The Morgan fingerprint density at radius 1 is 1.19 bits per heavy atom. The number of benzene rings is 2. The molecule has 0 aliphatic rings. The standard InChI is InChI=1S/C20H19FN2OS2/c1-14-22-16(12-25-14)13-26-19-10-6-4-8-17(19)20(24)23(2)11-15-7-3-5-9-18(15)21/h3-10,12H,11,13H2,1-2H3. The van der Waals surface area contributed by atoms with Crippen molar-refractivity contribution in [3.05, 3.63) is 81.6 Å². The molecule has 3 rings (SSSR count). The van der Waals surface area contributed by atoms with Gasteiger partial charge in [0.2, 0.25) is 0 Å². The summed E-state index contributed by atoms with van der Waals surface area (Å²) in [5.41, 5.74) is 2.15. The molecular weight excluding hydrogens is 367 g/mol. The average molecular weight is 387 g/mol. The fourth-order valence-corrected chi connectivity index (χ4v) is 4.21. The van der Waals surface area contributed by atoms with Crippen LogP contribution in [-0.4, -0.2) is 22.8 Å². The lowest BCUT2D eigenvalue weighted by Gasteiger charge is -2.19. The number of amides is 1. The average Bonchev–Trinajstić information content (AvgIpc) is 3.07. The van der Waals surface area contributed by atoms with Crippen LogP contribution < -0.4 is 0 Å². The molecular formula is C20H19FN2OS2. The van der Waals surface area contributed by atoms with Gasteiger partial charge < -0.3 is 4.90 Å². The molecule has 0 N–H and O–H groups in total. The van der Waals surface area contributed by atoms with E-state index in [2.05, 4.69) is 4.98 Å². The summed E-state index contributed by atoms with van der Waals surface area (Å²) < 4.78 is 13.9. The number of nitrogens with zero attached hydrogens (tertiary/aromatic N) is 2. The number of halogens is 1. The molecule has 0 radical (unpaired) electrons. The molecule has 3 aromatic rings. The SMILES string of the molecule is Cc1nc(CSc2ccccc2C(=O)N(C)Cc2ccccc2F)cs1. The number of thioether (sulfide) groups is 1. The van der Waals surface area contributed by atoms with Crippen molar-refractivity contribution in [2.45, 2.75) is 24.1 Å². The van der Waals surface area contributed by atoms with E-state index in [0.717, 1.165) is 15.6 Å². The Morgan fingerprint density at radius 2 is 1.92 bits per heavy atom. The highest BCUT2D eigenvalue weighted by atomic mass is 32.2. The molecule has 6 heteroatoms. The number of aromatic nitrogens is 1. The normalized spacial score (nSPS) is 10.7. The number of thiazole rings is 1. The molecule has 1 heterocycles. The smallest absolute Gasteiger partial charge is 0.255 e. The zero-order valence-corrected chi connectivity index (χ0v) is 16.2. The van der Waals surface area contributed by atoms with Crippen molar-refractivity contribution in [3.8, 4) is 0 Å². The summed E-state index contributed by atoms with van der Waals surface area (Å²) in [4.78, 5) is 19.8. The van der Waals surface area contributed by atoms with E-state index in [9.17, 15) is 9.18 Å². The van der Waals surface area contributed by atoms with Crippen LogP contribution in [0.25, 0.3) is 0 Å². The summed E-state index contributed by atoms with van der Waals surface area (Å²) in [6.07, 6.45) is 0. The van der Waals surface area contributed by atoms with Gasteiger partial charge in [0.05, 0.1) is 16.3 Å². The summed E-state index contributed by atoms with van der Waals surface area (Å²) in [7, 11) is 1.69. The van der Waals surface area contributed by atoms with Gasteiger partial charge in [-0.15, -0.1) is 23.1 Å². The molecule has 0 unspecified atom stereocenters. The second-order valence-corrected chi connectivity index (χ2v) is 7.97. The third-order valence-electron chi connectivity index (χ3n) is 3.87. The molecule has 1 amide bonds. The highest BCUT2D eigenvalue weighted by molar-refractivity contribution is 7.98. The van der Waals surface area contributed by atoms with Crippen molar-refractivity contribution >= 4 is 29.0 Å². The summed E-state index contributed by atoms with van der Waals surface area (Å²) in [5, 5.41) is 3.08. The Morgan fingerprint density at radius 3 is 2.65 bits per heavy atom. The van der Waals surface area contributed by atoms with Gasteiger partial charge in [-0.2, -0.15) is 0 Å². The van der Waals surface area contributed by atoms with Crippen LogP contribution in [0.4, 0.5) is 4.39 Å². The van der Waals surface area contributed by atoms with Crippen LogP contribution in [0.5, 0.6) is 0 Å². The van der Waals surface area contributed by atoms with Gasteiger partial charge in [0, 0.05) is 35.2 Å². The second kappa shape index (κ2) is 8.47.